The topological polar surface area (TPSA) is 44.8 Å². The molecule has 28 heavy (non-hydrogen) atoms. The highest BCUT2D eigenvalue weighted by Gasteiger charge is 2.40. The van der Waals surface area contributed by atoms with Crippen LogP contribution in [0.4, 0.5) is 0 Å². The number of benzene rings is 2. The van der Waals surface area contributed by atoms with Crippen LogP contribution in [0.25, 0.3) is 0 Å². The summed E-state index contributed by atoms with van der Waals surface area (Å²) in [5.41, 5.74) is 3.08. The maximum atomic E-state index is 12.1. The van der Waals surface area contributed by atoms with Gasteiger partial charge in [0.05, 0.1) is 32.0 Å². The lowest BCUT2D eigenvalue weighted by molar-refractivity contribution is -0.116. The normalized spacial score (nSPS) is 24.5. The lowest BCUT2D eigenvalue weighted by atomic mass is 10.0. The second-order valence-corrected chi connectivity index (χ2v) is 7.36. The zero-order valence-corrected chi connectivity index (χ0v) is 16.0. The summed E-state index contributed by atoms with van der Waals surface area (Å²) in [5, 5.41) is 0. The lowest BCUT2D eigenvalue weighted by Gasteiger charge is -2.19. The van der Waals surface area contributed by atoms with Crippen LogP contribution >= 0.6 is 0 Å². The molecule has 0 saturated carbocycles. The van der Waals surface area contributed by atoms with E-state index in [4.69, 9.17) is 14.2 Å². The van der Waals surface area contributed by atoms with Gasteiger partial charge in [-0.2, -0.15) is 0 Å². The molecule has 0 radical (unpaired) electrons. The Bertz CT molecular complexity index is 800. The minimum atomic E-state index is -0.180. The number of rotatable bonds is 8. The van der Waals surface area contributed by atoms with Gasteiger partial charge in [-0.15, -0.1) is 0 Å². The van der Waals surface area contributed by atoms with Crippen LogP contribution in [-0.2, 0) is 32.2 Å². The monoisotopic (exact) mass is 378 g/mol. The van der Waals surface area contributed by atoms with Crippen LogP contribution in [0.5, 0.6) is 0 Å². The van der Waals surface area contributed by atoms with Crippen molar-refractivity contribution in [2.75, 3.05) is 6.61 Å². The van der Waals surface area contributed by atoms with Crippen molar-refractivity contribution < 1.29 is 19.0 Å². The SMILES string of the molecule is O=C1CCC=C1[C@@H]1C[C@H](OCc2ccccc2)[C@@H](COCc2ccccc2)O1. The molecular weight excluding hydrogens is 352 g/mol. The molecule has 146 valence electrons. The molecule has 0 N–H and O–H groups in total. The van der Waals surface area contributed by atoms with Crippen LogP contribution in [0, 0.1) is 0 Å². The summed E-state index contributed by atoms with van der Waals surface area (Å²) in [6, 6.07) is 20.2. The van der Waals surface area contributed by atoms with E-state index in [0.29, 0.717) is 32.7 Å². The number of ether oxygens (including phenoxy) is 3. The molecule has 1 fully saturated rings. The van der Waals surface area contributed by atoms with Crippen LogP contribution in [0.3, 0.4) is 0 Å². The van der Waals surface area contributed by atoms with Gasteiger partial charge in [-0.3, -0.25) is 4.79 Å². The Hall–Kier alpha value is -2.27. The zero-order chi connectivity index (χ0) is 19.2. The molecule has 0 bridgehead atoms. The summed E-state index contributed by atoms with van der Waals surface area (Å²) in [6.45, 7) is 1.52. The van der Waals surface area contributed by atoms with E-state index in [1.807, 2.05) is 54.6 Å². The largest absolute Gasteiger partial charge is 0.374 e. The van der Waals surface area contributed by atoms with Crippen molar-refractivity contribution in [2.45, 2.75) is 50.8 Å². The molecule has 0 spiro atoms. The molecule has 4 rings (SSSR count). The Kier molecular flexibility index (Phi) is 6.32. The fourth-order valence-electron chi connectivity index (χ4n) is 3.81. The molecule has 3 atom stereocenters. The Morgan fingerprint density at radius 2 is 1.61 bits per heavy atom. The van der Waals surface area contributed by atoms with Gasteiger partial charge in [0.1, 0.15) is 6.10 Å². The summed E-state index contributed by atoms with van der Waals surface area (Å²) in [7, 11) is 0. The molecule has 2 aromatic rings. The van der Waals surface area contributed by atoms with Gasteiger partial charge < -0.3 is 14.2 Å². The van der Waals surface area contributed by atoms with Gasteiger partial charge in [-0.25, -0.2) is 0 Å². The first-order chi connectivity index (χ1) is 13.8. The molecule has 0 amide bonds. The van der Waals surface area contributed by atoms with E-state index in [9.17, 15) is 4.79 Å². The molecule has 1 aliphatic carbocycles. The summed E-state index contributed by atoms with van der Waals surface area (Å²) in [6.07, 6.45) is 3.69. The second kappa shape index (κ2) is 9.28. The minimum absolute atomic E-state index is 0.0877. The quantitative estimate of drug-likeness (QED) is 0.689. The van der Waals surface area contributed by atoms with E-state index in [0.717, 1.165) is 23.1 Å². The third-order valence-corrected chi connectivity index (χ3v) is 5.31. The first-order valence-corrected chi connectivity index (χ1v) is 9.95. The zero-order valence-electron chi connectivity index (χ0n) is 16.0. The maximum Gasteiger partial charge on any atom is 0.161 e. The van der Waals surface area contributed by atoms with E-state index in [-0.39, 0.29) is 24.1 Å². The van der Waals surface area contributed by atoms with Crippen molar-refractivity contribution in [2.24, 2.45) is 0 Å². The van der Waals surface area contributed by atoms with Crippen molar-refractivity contribution in [3.8, 4) is 0 Å². The fourth-order valence-corrected chi connectivity index (χ4v) is 3.81. The predicted molar refractivity (Wildman–Crippen MR) is 107 cm³/mol. The summed E-state index contributed by atoms with van der Waals surface area (Å²) < 4.78 is 18.3. The standard InChI is InChI=1S/C24H26O4/c25-21-13-7-12-20(21)22-14-23(27-16-19-10-5-2-6-11-19)24(28-22)17-26-15-18-8-3-1-4-9-18/h1-6,8-12,22-24H,7,13-17H2/t22-,23-,24+/m0/s1. The highest BCUT2D eigenvalue weighted by Crippen LogP contribution is 2.32. The van der Waals surface area contributed by atoms with Crippen LogP contribution < -0.4 is 0 Å². The summed E-state index contributed by atoms with van der Waals surface area (Å²) in [5.74, 6) is 0.206. The molecule has 0 unspecified atom stereocenters. The number of carbonyl (C=O) groups is 1. The Balaban J connectivity index is 1.37. The van der Waals surface area contributed by atoms with Crippen molar-refractivity contribution in [3.63, 3.8) is 0 Å². The highest BCUT2D eigenvalue weighted by molar-refractivity contribution is 5.98. The summed E-state index contributed by atoms with van der Waals surface area (Å²) in [4.78, 5) is 12.1. The predicted octanol–water partition coefficient (Wildman–Crippen LogP) is 4.24. The third-order valence-electron chi connectivity index (χ3n) is 5.31. The van der Waals surface area contributed by atoms with Crippen molar-refractivity contribution in [1.82, 2.24) is 0 Å². The molecule has 2 aromatic carbocycles. The van der Waals surface area contributed by atoms with Crippen LogP contribution in [0.1, 0.15) is 30.4 Å². The number of carbonyl (C=O) groups excluding carboxylic acids is 1. The van der Waals surface area contributed by atoms with Crippen LogP contribution in [0.15, 0.2) is 72.3 Å². The number of allylic oxidation sites excluding steroid dienone is 1. The van der Waals surface area contributed by atoms with E-state index in [2.05, 4.69) is 12.1 Å². The lowest BCUT2D eigenvalue weighted by Crippen LogP contribution is -2.29. The maximum absolute atomic E-state index is 12.1. The van der Waals surface area contributed by atoms with E-state index in [1.54, 1.807) is 0 Å². The van der Waals surface area contributed by atoms with Gasteiger partial charge in [-0.1, -0.05) is 66.7 Å². The van der Waals surface area contributed by atoms with Crippen molar-refractivity contribution in [3.05, 3.63) is 83.4 Å². The molecule has 4 nitrogen and oxygen atoms in total. The van der Waals surface area contributed by atoms with Gasteiger partial charge in [0, 0.05) is 18.4 Å². The minimum Gasteiger partial charge on any atom is -0.374 e. The molecule has 4 heteroatoms. The van der Waals surface area contributed by atoms with Gasteiger partial charge in [0.25, 0.3) is 0 Å². The van der Waals surface area contributed by atoms with Crippen molar-refractivity contribution >= 4 is 5.78 Å². The second-order valence-electron chi connectivity index (χ2n) is 7.36. The Labute approximate surface area is 166 Å². The number of hydrogen-bond donors (Lipinski definition) is 0. The van der Waals surface area contributed by atoms with Crippen molar-refractivity contribution in [1.29, 1.82) is 0 Å². The van der Waals surface area contributed by atoms with Gasteiger partial charge in [0.2, 0.25) is 0 Å². The van der Waals surface area contributed by atoms with Gasteiger partial charge >= 0.3 is 0 Å². The number of Topliss-reactive ketones (excluding diaryl/α,β-unsaturated/α-hetero) is 1. The molecular formula is C24H26O4. The average molecular weight is 378 g/mol. The molecule has 1 heterocycles. The number of hydrogen-bond acceptors (Lipinski definition) is 4. The van der Waals surface area contributed by atoms with E-state index < -0.39 is 0 Å². The van der Waals surface area contributed by atoms with E-state index >= 15 is 0 Å². The first kappa shape index (κ1) is 19.1. The van der Waals surface area contributed by atoms with Crippen LogP contribution in [-0.4, -0.2) is 30.7 Å². The molecule has 1 aliphatic heterocycles. The Morgan fingerprint density at radius 3 is 2.25 bits per heavy atom. The van der Waals surface area contributed by atoms with Gasteiger partial charge in [0.15, 0.2) is 5.78 Å². The molecule has 2 aliphatic rings. The first-order valence-electron chi connectivity index (χ1n) is 9.95. The molecule has 0 aromatic heterocycles. The highest BCUT2D eigenvalue weighted by atomic mass is 16.6. The Morgan fingerprint density at radius 1 is 0.929 bits per heavy atom. The smallest absolute Gasteiger partial charge is 0.161 e. The van der Waals surface area contributed by atoms with E-state index in [1.165, 1.54) is 0 Å². The average Bonchev–Trinajstić information content (AvgIpc) is 3.34. The third kappa shape index (κ3) is 4.76. The van der Waals surface area contributed by atoms with Gasteiger partial charge in [-0.05, 0) is 17.5 Å². The fraction of sp³-hybridized carbons (Fsp3) is 0.375. The van der Waals surface area contributed by atoms with Crippen LogP contribution in [0.2, 0.25) is 0 Å². The molecule has 1 saturated heterocycles. The summed E-state index contributed by atoms with van der Waals surface area (Å²) >= 11 is 0. The number of ketones is 1.